The second-order valence-corrected chi connectivity index (χ2v) is 5.97. The molecule has 0 radical (unpaired) electrons. The van der Waals surface area contributed by atoms with E-state index in [2.05, 4.69) is 10.6 Å². The van der Waals surface area contributed by atoms with Crippen LogP contribution < -0.4 is 15.4 Å². The van der Waals surface area contributed by atoms with Crippen LogP contribution in [0.3, 0.4) is 0 Å². The first kappa shape index (κ1) is 16.1. The lowest BCUT2D eigenvalue weighted by molar-refractivity contribution is -0.118. The summed E-state index contributed by atoms with van der Waals surface area (Å²) in [6.45, 7) is 4.60. The van der Waals surface area contributed by atoms with E-state index in [1.807, 2.05) is 50.2 Å². The number of nitrogens with one attached hydrogen (secondary N) is 2. The van der Waals surface area contributed by atoms with Gasteiger partial charge in [0.05, 0.1) is 5.69 Å². The Hall–Kier alpha value is -2.82. The molecule has 0 saturated heterocycles. The lowest BCUT2D eigenvalue weighted by atomic mass is 10.1. The van der Waals surface area contributed by atoms with Gasteiger partial charge < -0.3 is 15.4 Å². The number of fused-ring (bicyclic) bond motifs is 1. The smallest absolute Gasteiger partial charge is 0.262 e. The zero-order valence-corrected chi connectivity index (χ0v) is 13.8. The van der Waals surface area contributed by atoms with Crippen LogP contribution in [0.15, 0.2) is 36.4 Å². The molecule has 0 aliphatic carbocycles. The van der Waals surface area contributed by atoms with E-state index in [0.29, 0.717) is 30.0 Å². The highest BCUT2D eigenvalue weighted by molar-refractivity contribution is 5.95. The molecule has 124 valence electrons. The molecular weight excluding hydrogens is 304 g/mol. The molecule has 0 bridgehead atoms. The third-order valence-electron chi connectivity index (χ3n) is 4.15. The standard InChI is InChI=1S/C19H20N2O3/c1-12-3-5-15(9-13(12)2)19(23)20-8-7-14-4-6-17-16(10-14)21-18(22)11-24-17/h3-6,9-10H,7-8,11H2,1-2H3,(H,20,23)(H,21,22). The van der Waals surface area contributed by atoms with E-state index in [1.54, 1.807) is 0 Å². The minimum atomic E-state index is -0.150. The van der Waals surface area contributed by atoms with Crippen molar-refractivity contribution < 1.29 is 14.3 Å². The number of rotatable bonds is 4. The molecule has 1 aliphatic rings. The Morgan fingerprint density at radius 2 is 2.00 bits per heavy atom. The van der Waals surface area contributed by atoms with Gasteiger partial charge in [0.25, 0.3) is 11.8 Å². The first-order valence-corrected chi connectivity index (χ1v) is 7.94. The maximum atomic E-state index is 12.2. The Labute approximate surface area is 141 Å². The zero-order chi connectivity index (χ0) is 17.1. The van der Waals surface area contributed by atoms with Gasteiger partial charge in [-0.3, -0.25) is 9.59 Å². The van der Waals surface area contributed by atoms with E-state index in [0.717, 1.165) is 11.1 Å². The van der Waals surface area contributed by atoms with Crippen LogP contribution in [0.2, 0.25) is 0 Å². The van der Waals surface area contributed by atoms with Crippen LogP contribution in [0.1, 0.15) is 27.0 Å². The van der Waals surface area contributed by atoms with Crippen molar-refractivity contribution in [3.8, 4) is 5.75 Å². The molecule has 0 spiro atoms. The van der Waals surface area contributed by atoms with Gasteiger partial charge in [-0.05, 0) is 61.2 Å². The van der Waals surface area contributed by atoms with Gasteiger partial charge in [0.1, 0.15) is 5.75 Å². The second kappa shape index (κ2) is 6.74. The number of benzene rings is 2. The van der Waals surface area contributed by atoms with Gasteiger partial charge in [-0.15, -0.1) is 0 Å². The SMILES string of the molecule is Cc1ccc(C(=O)NCCc2ccc3c(c2)NC(=O)CO3)cc1C. The quantitative estimate of drug-likeness (QED) is 0.908. The fraction of sp³-hybridized carbons (Fsp3) is 0.263. The van der Waals surface area contributed by atoms with E-state index in [1.165, 1.54) is 5.56 Å². The van der Waals surface area contributed by atoms with E-state index in [4.69, 9.17) is 4.74 Å². The number of hydrogen-bond donors (Lipinski definition) is 2. The van der Waals surface area contributed by atoms with Crippen LogP contribution >= 0.6 is 0 Å². The van der Waals surface area contributed by atoms with Crippen LogP contribution in [0.4, 0.5) is 5.69 Å². The number of amides is 2. The Morgan fingerprint density at radius 1 is 1.17 bits per heavy atom. The molecule has 5 heteroatoms. The van der Waals surface area contributed by atoms with Crippen LogP contribution in [-0.4, -0.2) is 25.0 Å². The van der Waals surface area contributed by atoms with Crippen molar-refractivity contribution in [2.75, 3.05) is 18.5 Å². The third-order valence-corrected chi connectivity index (χ3v) is 4.15. The van der Waals surface area contributed by atoms with Gasteiger partial charge in [-0.25, -0.2) is 0 Å². The second-order valence-electron chi connectivity index (χ2n) is 5.97. The summed E-state index contributed by atoms with van der Waals surface area (Å²) in [6, 6.07) is 11.4. The molecule has 2 N–H and O–H groups in total. The highest BCUT2D eigenvalue weighted by atomic mass is 16.5. The largest absolute Gasteiger partial charge is 0.482 e. The summed E-state index contributed by atoms with van der Waals surface area (Å²) in [5.41, 5.74) is 4.66. The summed E-state index contributed by atoms with van der Waals surface area (Å²) in [5.74, 6) is 0.452. The number of anilines is 1. The number of hydrogen-bond acceptors (Lipinski definition) is 3. The van der Waals surface area contributed by atoms with E-state index in [-0.39, 0.29) is 18.4 Å². The molecule has 3 rings (SSSR count). The first-order chi connectivity index (χ1) is 11.5. The maximum Gasteiger partial charge on any atom is 0.262 e. The number of carbonyl (C=O) groups excluding carboxylic acids is 2. The van der Waals surface area contributed by atoms with Gasteiger partial charge in [0, 0.05) is 12.1 Å². The fourth-order valence-corrected chi connectivity index (χ4v) is 2.59. The Balaban J connectivity index is 1.58. The van der Waals surface area contributed by atoms with Crippen molar-refractivity contribution in [3.05, 3.63) is 58.7 Å². The summed E-state index contributed by atoms with van der Waals surface area (Å²) in [6.07, 6.45) is 0.680. The summed E-state index contributed by atoms with van der Waals surface area (Å²) in [7, 11) is 0. The predicted molar refractivity (Wildman–Crippen MR) is 92.5 cm³/mol. The van der Waals surface area contributed by atoms with Crippen molar-refractivity contribution in [2.24, 2.45) is 0 Å². The minimum Gasteiger partial charge on any atom is -0.482 e. The molecule has 5 nitrogen and oxygen atoms in total. The molecular formula is C19H20N2O3. The predicted octanol–water partition coefficient (Wildman–Crippen LogP) is 2.61. The van der Waals surface area contributed by atoms with Gasteiger partial charge in [-0.1, -0.05) is 12.1 Å². The summed E-state index contributed by atoms with van der Waals surface area (Å²) in [4.78, 5) is 23.5. The van der Waals surface area contributed by atoms with Gasteiger partial charge in [0.15, 0.2) is 6.61 Å². The lowest BCUT2D eigenvalue weighted by Crippen LogP contribution is -2.26. The number of aryl methyl sites for hydroxylation is 2. The Bertz CT molecular complexity index is 799. The van der Waals surface area contributed by atoms with Crippen molar-refractivity contribution in [1.29, 1.82) is 0 Å². The number of carbonyl (C=O) groups is 2. The Kier molecular flexibility index (Phi) is 4.51. The fourth-order valence-electron chi connectivity index (χ4n) is 2.59. The molecule has 2 aromatic rings. The molecule has 2 amide bonds. The monoisotopic (exact) mass is 324 g/mol. The topological polar surface area (TPSA) is 67.4 Å². The third kappa shape index (κ3) is 3.56. The number of ether oxygens (including phenoxy) is 1. The van der Waals surface area contributed by atoms with Crippen LogP contribution in [0.25, 0.3) is 0 Å². The molecule has 0 fully saturated rings. The summed E-state index contributed by atoms with van der Waals surface area (Å²) in [5, 5.41) is 5.71. The highest BCUT2D eigenvalue weighted by Gasteiger charge is 2.15. The first-order valence-electron chi connectivity index (χ1n) is 7.94. The molecule has 24 heavy (non-hydrogen) atoms. The molecule has 2 aromatic carbocycles. The van der Waals surface area contributed by atoms with Crippen molar-refractivity contribution in [1.82, 2.24) is 5.32 Å². The van der Waals surface area contributed by atoms with Crippen molar-refractivity contribution in [3.63, 3.8) is 0 Å². The summed E-state index contributed by atoms with van der Waals surface area (Å²) < 4.78 is 5.33. The molecule has 0 atom stereocenters. The van der Waals surface area contributed by atoms with E-state index < -0.39 is 0 Å². The van der Waals surface area contributed by atoms with Crippen LogP contribution in [-0.2, 0) is 11.2 Å². The van der Waals surface area contributed by atoms with Crippen LogP contribution in [0, 0.1) is 13.8 Å². The van der Waals surface area contributed by atoms with Gasteiger partial charge in [0.2, 0.25) is 0 Å². The van der Waals surface area contributed by atoms with E-state index >= 15 is 0 Å². The molecule has 0 saturated carbocycles. The van der Waals surface area contributed by atoms with E-state index in [9.17, 15) is 9.59 Å². The minimum absolute atomic E-state index is 0.0539. The molecule has 0 aromatic heterocycles. The molecule has 1 heterocycles. The van der Waals surface area contributed by atoms with Crippen molar-refractivity contribution in [2.45, 2.75) is 20.3 Å². The highest BCUT2D eigenvalue weighted by Crippen LogP contribution is 2.28. The average Bonchev–Trinajstić information content (AvgIpc) is 2.57. The molecule has 0 unspecified atom stereocenters. The summed E-state index contributed by atoms with van der Waals surface area (Å²) >= 11 is 0. The van der Waals surface area contributed by atoms with Crippen molar-refractivity contribution >= 4 is 17.5 Å². The zero-order valence-electron chi connectivity index (χ0n) is 13.8. The normalized spacial score (nSPS) is 12.8. The molecule has 1 aliphatic heterocycles. The Morgan fingerprint density at radius 3 is 2.79 bits per heavy atom. The van der Waals surface area contributed by atoms with Crippen LogP contribution in [0.5, 0.6) is 5.75 Å². The average molecular weight is 324 g/mol. The van der Waals surface area contributed by atoms with Gasteiger partial charge in [-0.2, -0.15) is 0 Å². The lowest BCUT2D eigenvalue weighted by Gasteiger charge is -2.18. The maximum absolute atomic E-state index is 12.2. The van der Waals surface area contributed by atoms with Gasteiger partial charge >= 0.3 is 0 Å².